The average Bonchev–Trinajstić information content (AvgIpc) is 2.67. The summed E-state index contributed by atoms with van der Waals surface area (Å²) in [4.78, 5) is 15.0. The molecule has 0 aliphatic carbocycles. The van der Waals surface area contributed by atoms with Crippen LogP contribution in [0.5, 0.6) is 0 Å². The van der Waals surface area contributed by atoms with Gasteiger partial charge in [0.15, 0.2) is 0 Å². The number of rotatable bonds is 3. The molecule has 1 aliphatic heterocycles. The molecule has 1 amide bonds. The molecule has 2 atom stereocenters. The summed E-state index contributed by atoms with van der Waals surface area (Å²) in [5, 5.41) is 0. The van der Waals surface area contributed by atoms with Gasteiger partial charge in [0.1, 0.15) is 6.10 Å². The van der Waals surface area contributed by atoms with Crippen LogP contribution in [0.4, 0.5) is 0 Å². The lowest BCUT2D eigenvalue weighted by atomic mass is 9.87. The summed E-state index contributed by atoms with van der Waals surface area (Å²) in [7, 11) is 0. The van der Waals surface area contributed by atoms with Crippen LogP contribution in [0.2, 0.25) is 0 Å². The van der Waals surface area contributed by atoms with Gasteiger partial charge in [-0.25, -0.2) is 0 Å². The second kappa shape index (κ2) is 7.60. The Hall–Kier alpha value is -2.17. The van der Waals surface area contributed by atoms with E-state index in [0.717, 1.165) is 11.1 Å². The molecule has 1 aliphatic rings. The maximum Gasteiger partial charge on any atom is 0.254 e. The third kappa shape index (κ3) is 4.14. The lowest BCUT2D eigenvalue weighted by Crippen LogP contribution is -2.51. The Morgan fingerprint density at radius 3 is 2.31 bits per heavy atom. The second-order valence-corrected chi connectivity index (χ2v) is 8.00. The Kier molecular flexibility index (Phi) is 5.44. The highest BCUT2D eigenvalue weighted by Crippen LogP contribution is 2.34. The van der Waals surface area contributed by atoms with Crippen LogP contribution in [-0.4, -0.2) is 30.0 Å². The van der Waals surface area contributed by atoms with Crippen molar-refractivity contribution >= 4 is 5.91 Å². The Bertz CT molecular complexity index is 735. The highest BCUT2D eigenvalue weighted by atomic mass is 16.5. The molecule has 2 aromatic carbocycles. The quantitative estimate of drug-likeness (QED) is 0.915. The molecular weight excluding hydrogens is 324 g/mol. The van der Waals surface area contributed by atoms with Gasteiger partial charge in [-0.2, -0.15) is 0 Å². The molecule has 138 valence electrons. The molecule has 2 N–H and O–H groups in total. The minimum atomic E-state index is -0.110. The maximum absolute atomic E-state index is 13.1. The number of carbonyl (C=O) groups is 1. The van der Waals surface area contributed by atoms with E-state index in [1.807, 2.05) is 47.4 Å². The first kappa shape index (κ1) is 18.6. The fraction of sp³-hybridized carbons (Fsp3) is 0.409. The molecule has 26 heavy (non-hydrogen) atoms. The standard InChI is InChI=1S/C22H28N2O2/c1-22(2,3)20-15-24(14-19(26-20)17-7-5-4-6-8-17)21(25)18-11-9-16(13-23)10-12-18/h4-12,19-20H,13-15,23H2,1-3H3/t19-,20+/m0/s1. The van der Waals surface area contributed by atoms with Gasteiger partial charge in [0.25, 0.3) is 5.91 Å². The third-order valence-corrected chi connectivity index (χ3v) is 4.96. The van der Waals surface area contributed by atoms with Crippen molar-refractivity contribution < 1.29 is 9.53 Å². The highest BCUT2D eigenvalue weighted by Gasteiger charge is 2.37. The minimum Gasteiger partial charge on any atom is -0.366 e. The third-order valence-electron chi connectivity index (χ3n) is 4.96. The van der Waals surface area contributed by atoms with Gasteiger partial charge in [-0.05, 0) is 28.7 Å². The summed E-state index contributed by atoms with van der Waals surface area (Å²) in [6.07, 6.45) is -0.129. The molecule has 2 aromatic rings. The SMILES string of the molecule is CC(C)(C)[C@H]1CN(C(=O)c2ccc(CN)cc2)C[C@@H](c2ccccc2)O1. The van der Waals surface area contributed by atoms with Crippen molar-refractivity contribution in [2.45, 2.75) is 39.5 Å². The molecule has 4 heteroatoms. The molecule has 1 saturated heterocycles. The van der Waals surface area contributed by atoms with Crippen LogP contribution in [0, 0.1) is 5.41 Å². The van der Waals surface area contributed by atoms with Crippen molar-refractivity contribution in [2.24, 2.45) is 11.1 Å². The Morgan fingerprint density at radius 1 is 1.08 bits per heavy atom. The monoisotopic (exact) mass is 352 g/mol. The number of ether oxygens (including phenoxy) is 1. The smallest absolute Gasteiger partial charge is 0.254 e. The van der Waals surface area contributed by atoms with Crippen molar-refractivity contribution in [1.29, 1.82) is 0 Å². The summed E-state index contributed by atoms with van der Waals surface area (Å²) in [5.41, 5.74) is 8.44. The summed E-state index contributed by atoms with van der Waals surface area (Å²) in [6.45, 7) is 8.11. The number of hydrogen-bond acceptors (Lipinski definition) is 3. The first-order valence-corrected chi connectivity index (χ1v) is 9.17. The van der Waals surface area contributed by atoms with E-state index in [-0.39, 0.29) is 23.5 Å². The number of morpholine rings is 1. The zero-order valence-corrected chi connectivity index (χ0v) is 15.8. The lowest BCUT2D eigenvalue weighted by molar-refractivity contribution is -0.119. The number of nitrogens with two attached hydrogens (primary N) is 1. The number of carbonyl (C=O) groups excluding carboxylic acids is 1. The van der Waals surface area contributed by atoms with Crippen molar-refractivity contribution in [3.05, 3.63) is 71.3 Å². The van der Waals surface area contributed by atoms with Crippen molar-refractivity contribution in [3.8, 4) is 0 Å². The van der Waals surface area contributed by atoms with Crippen LogP contribution in [0.25, 0.3) is 0 Å². The van der Waals surface area contributed by atoms with Crippen LogP contribution in [0.1, 0.15) is 48.4 Å². The number of hydrogen-bond donors (Lipinski definition) is 1. The summed E-state index contributed by atoms with van der Waals surface area (Å²) in [6, 6.07) is 17.7. The fourth-order valence-corrected chi connectivity index (χ4v) is 3.22. The van der Waals surface area contributed by atoms with Gasteiger partial charge < -0.3 is 15.4 Å². The summed E-state index contributed by atoms with van der Waals surface area (Å²) in [5.74, 6) is 0.0482. The Labute approximate surface area is 156 Å². The zero-order valence-electron chi connectivity index (χ0n) is 15.8. The minimum absolute atomic E-state index is 0.0197. The van der Waals surface area contributed by atoms with Gasteiger partial charge in [0.05, 0.1) is 12.6 Å². The molecule has 0 saturated carbocycles. The van der Waals surface area contributed by atoms with Gasteiger partial charge in [-0.1, -0.05) is 63.2 Å². The number of nitrogens with zero attached hydrogens (tertiary/aromatic N) is 1. The molecule has 1 fully saturated rings. The average molecular weight is 352 g/mol. The van der Waals surface area contributed by atoms with Gasteiger partial charge in [-0.15, -0.1) is 0 Å². The van der Waals surface area contributed by atoms with E-state index >= 15 is 0 Å². The van der Waals surface area contributed by atoms with Gasteiger partial charge in [-0.3, -0.25) is 4.79 Å². The van der Waals surface area contributed by atoms with E-state index in [0.29, 0.717) is 25.2 Å². The predicted molar refractivity (Wildman–Crippen MR) is 104 cm³/mol. The largest absolute Gasteiger partial charge is 0.366 e. The van der Waals surface area contributed by atoms with Crippen molar-refractivity contribution in [1.82, 2.24) is 4.90 Å². The van der Waals surface area contributed by atoms with E-state index in [1.165, 1.54) is 0 Å². The topological polar surface area (TPSA) is 55.6 Å². The van der Waals surface area contributed by atoms with E-state index < -0.39 is 0 Å². The highest BCUT2D eigenvalue weighted by molar-refractivity contribution is 5.94. The maximum atomic E-state index is 13.1. The zero-order chi connectivity index (χ0) is 18.7. The fourth-order valence-electron chi connectivity index (χ4n) is 3.22. The van der Waals surface area contributed by atoms with Crippen molar-refractivity contribution in [2.75, 3.05) is 13.1 Å². The van der Waals surface area contributed by atoms with Gasteiger partial charge >= 0.3 is 0 Å². The molecule has 0 unspecified atom stereocenters. The molecule has 3 rings (SSSR count). The van der Waals surface area contributed by atoms with Crippen molar-refractivity contribution in [3.63, 3.8) is 0 Å². The van der Waals surface area contributed by atoms with E-state index in [1.54, 1.807) is 0 Å². The van der Waals surface area contributed by atoms with E-state index in [9.17, 15) is 4.79 Å². The summed E-state index contributed by atoms with van der Waals surface area (Å²) < 4.78 is 6.38. The second-order valence-electron chi connectivity index (χ2n) is 8.00. The van der Waals surface area contributed by atoms with Gasteiger partial charge in [0, 0.05) is 18.7 Å². The number of benzene rings is 2. The molecule has 0 bridgehead atoms. The normalized spacial score (nSPS) is 20.8. The number of amides is 1. The van der Waals surface area contributed by atoms with E-state index in [2.05, 4.69) is 32.9 Å². The first-order valence-electron chi connectivity index (χ1n) is 9.17. The van der Waals surface area contributed by atoms with Crippen LogP contribution in [0.15, 0.2) is 54.6 Å². The molecule has 0 spiro atoms. The lowest BCUT2D eigenvalue weighted by Gasteiger charge is -2.43. The van der Waals surface area contributed by atoms with Crippen LogP contribution < -0.4 is 5.73 Å². The molecule has 0 radical (unpaired) electrons. The predicted octanol–water partition coefficient (Wildman–Crippen LogP) is 3.77. The van der Waals surface area contributed by atoms with Crippen LogP contribution >= 0.6 is 0 Å². The Balaban J connectivity index is 1.85. The summed E-state index contributed by atoms with van der Waals surface area (Å²) >= 11 is 0. The van der Waals surface area contributed by atoms with Gasteiger partial charge in [0.2, 0.25) is 0 Å². The van der Waals surface area contributed by atoms with E-state index in [4.69, 9.17) is 10.5 Å². The molecular formula is C22H28N2O2. The molecule has 0 aromatic heterocycles. The van der Waals surface area contributed by atoms with Crippen LogP contribution in [0.3, 0.4) is 0 Å². The molecule has 4 nitrogen and oxygen atoms in total. The molecule has 1 heterocycles. The first-order chi connectivity index (χ1) is 12.4. The van der Waals surface area contributed by atoms with Crippen LogP contribution in [-0.2, 0) is 11.3 Å². The Morgan fingerprint density at radius 2 is 1.73 bits per heavy atom.